The number of hydrogen-bond donors (Lipinski definition) is 1. The quantitative estimate of drug-likeness (QED) is 0.345. The third kappa shape index (κ3) is 4.03. The molecule has 0 saturated heterocycles. The van der Waals surface area contributed by atoms with Gasteiger partial charge in [-0.2, -0.15) is 5.10 Å². The molecule has 0 aliphatic carbocycles. The van der Waals surface area contributed by atoms with Crippen molar-refractivity contribution in [2.24, 2.45) is 10.9 Å². The lowest BCUT2D eigenvalue weighted by molar-refractivity contribution is 0.402. The first-order chi connectivity index (χ1) is 6.56. The standard InChI is InChI=1S/C9H15Cl2N3/c1-4-14(5-2)8(6-7(3)10)9(11)13-12/h6H,3-5,12H2,1-2H3/b8-6+,13-9+. The maximum Gasteiger partial charge on any atom is 0.171 e. The predicted octanol–water partition coefficient (Wildman–Crippen LogP) is 2.48. The summed E-state index contributed by atoms with van der Waals surface area (Å²) in [5.41, 5.74) is 0.694. The molecule has 0 amide bonds. The summed E-state index contributed by atoms with van der Waals surface area (Å²) in [6, 6.07) is 0. The smallest absolute Gasteiger partial charge is 0.171 e. The molecule has 0 aromatic heterocycles. The summed E-state index contributed by atoms with van der Waals surface area (Å²) in [5.74, 6) is 5.11. The molecule has 0 fully saturated rings. The molecule has 0 aliphatic heterocycles. The van der Waals surface area contributed by atoms with Crippen LogP contribution in [0.3, 0.4) is 0 Å². The number of hydrazone groups is 1. The molecule has 0 saturated carbocycles. The fourth-order valence-electron chi connectivity index (χ4n) is 1.06. The van der Waals surface area contributed by atoms with Crippen LogP contribution in [0, 0.1) is 0 Å². The largest absolute Gasteiger partial charge is 0.370 e. The molecule has 14 heavy (non-hydrogen) atoms. The van der Waals surface area contributed by atoms with Crippen LogP contribution in [0.1, 0.15) is 13.8 Å². The number of hydrogen-bond acceptors (Lipinski definition) is 3. The van der Waals surface area contributed by atoms with Crippen LogP contribution in [-0.4, -0.2) is 23.2 Å². The SMILES string of the molecule is C=C(Cl)/C=C(\C(Cl)=N/N)N(CC)CC. The van der Waals surface area contributed by atoms with Crippen LogP contribution in [0.5, 0.6) is 0 Å². The monoisotopic (exact) mass is 235 g/mol. The summed E-state index contributed by atoms with van der Waals surface area (Å²) >= 11 is 11.5. The molecule has 5 heteroatoms. The Hall–Kier alpha value is -0.670. The van der Waals surface area contributed by atoms with Gasteiger partial charge >= 0.3 is 0 Å². The highest BCUT2D eigenvalue weighted by atomic mass is 35.5. The Morgan fingerprint density at radius 1 is 1.43 bits per heavy atom. The number of nitrogens with two attached hydrogens (primary N) is 1. The van der Waals surface area contributed by atoms with E-state index in [0.29, 0.717) is 10.7 Å². The van der Waals surface area contributed by atoms with Gasteiger partial charge in [0.15, 0.2) is 5.17 Å². The van der Waals surface area contributed by atoms with E-state index in [0.717, 1.165) is 13.1 Å². The van der Waals surface area contributed by atoms with Crippen molar-refractivity contribution in [2.75, 3.05) is 13.1 Å². The van der Waals surface area contributed by atoms with Gasteiger partial charge in [-0.05, 0) is 19.9 Å². The minimum Gasteiger partial charge on any atom is -0.370 e. The first-order valence-electron chi connectivity index (χ1n) is 4.31. The van der Waals surface area contributed by atoms with E-state index in [1.54, 1.807) is 6.08 Å². The van der Waals surface area contributed by atoms with Gasteiger partial charge in [0.1, 0.15) is 0 Å². The van der Waals surface area contributed by atoms with Crippen LogP contribution < -0.4 is 5.84 Å². The Morgan fingerprint density at radius 3 is 2.21 bits per heavy atom. The van der Waals surface area contributed by atoms with E-state index in [-0.39, 0.29) is 5.17 Å². The van der Waals surface area contributed by atoms with Crippen LogP contribution in [0.15, 0.2) is 28.5 Å². The Kier molecular flexibility index (Phi) is 6.41. The highest BCUT2D eigenvalue weighted by Gasteiger charge is 2.10. The molecule has 0 atom stereocenters. The van der Waals surface area contributed by atoms with Crippen molar-refractivity contribution in [3.05, 3.63) is 23.4 Å². The van der Waals surface area contributed by atoms with Crippen LogP contribution >= 0.6 is 23.2 Å². The maximum absolute atomic E-state index is 5.84. The Morgan fingerprint density at radius 2 is 1.93 bits per heavy atom. The lowest BCUT2D eigenvalue weighted by Gasteiger charge is -2.22. The predicted molar refractivity (Wildman–Crippen MR) is 63.5 cm³/mol. The second-order valence-corrected chi connectivity index (χ2v) is 3.41. The van der Waals surface area contributed by atoms with Crippen molar-refractivity contribution >= 4 is 28.4 Å². The van der Waals surface area contributed by atoms with Crippen molar-refractivity contribution < 1.29 is 0 Å². The molecule has 0 unspecified atom stereocenters. The van der Waals surface area contributed by atoms with E-state index in [9.17, 15) is 0 Å². The molecule has 0 rings (SSSR count). The Bertz CT molecular complexity index is 255. The molecule has 80 valence electrons. The van der Waals surface area contributed by atoms with Crippen molar-refractivity contribution in [1.29, 1.82) is 0 Å². The fraction of sp³-hybridized carbons (Fsp3) is 0.444. The molecular weight excluding hydrogens is 221 g/mol. The molecule has 0 radical (unpaired) electrons. The summed E-state index contributed by atoms with van der Waals surface area (Å²) < 4.78 is 0. The van der Waals surface area contributed by atoms with E-state index in [2.05, 4.69) is 11.7 Å². The summed E-state index contributed by atoms with van der Waals surface area (Å²) in [5, 5.41) is 4.06. The molecule has 0 aromatic carbocycles. The van der Waals surface area contributed by atoms with Gasteiger partial charge in [-0.15, -0.1) is 0 Å². The van der Waals surface area contributed by atoms with E-state index < -0.39 is 0 Å². The van der Waals surface area contributed by atoms with Crippen molar-refractivity contribution in [1.82, 2.24) is 4.90 Å². The molecule has 2 N–H and O–H groups in total. The zero-order valence-electron chi connectivity index (χ0n) is 8.43. The summed E-state index contributed by atoms with van der Waals surface area (Å²) in [4.78, 5) is 1.99. The van der Waals surface area contributed by atoms with Crippen LogP contribution in [0.2, 0.25) is 0 Å². The normalized spacial score (nSPS) is 12.9. The highest BCUT2D eigenvalue weighted by molar-refractivity contribution is 6.69. The zero-order valence-corrected chi connectivity index (χ0v) is 9.94. The Labute approximate surface area is 94.9 Å². The first-order valence-corrected chi connectivity index (χ1v) is 5.07. The molecule has 0 bridgehead atoms. The van der Waals surface area contributed by atoms with Gasteiger partial charge in [0.2, 0.25) is 0 Å². The van der Waals surface area contributed by atoms with Gasteiger partial charge in [0.05, 0.1) is 5.70 Å². The van der Waals surface area contributed by atoms with E-state index in [1.165, 1.54) is 0 Å². The fourth-order valence-corrected chi connectivity index (χ4v) is 1.34. The van der Waals surface area contributed by atoms with Gasteiger partial charge in [0, 0.05) is 18.1 Å². The van der Waals surface area contributed by atoms with Crippen molar-refractivity contribution in [3.63, 3.8) is 0 Å². The number of nitrogens with zero attached hydrogens (tertiary/aromatic N) is 2. The van der Waals surface area contributed by atoms with Gasteiger partial charge < -0.3 is 10.7 Å². The van der Waals surface area contributed by atoms with E-state index in [4.69, 9.17) is 29.0 Å². The maximum atomic E-state index is 5.84. The summed E-state index contributed by atoms with van der Waals surface area (Å²) in [6.45, 7) is 9.20. The average Bonchev–Trinajstić information content (AvgIpc) is 2.16. The molecular formula is C9H15Cl2N3. The third-order valence-electron chi connectivity index (χ3n) is 1.72. The number of allylic oxidation sites excluding steroid dienone is 3. The Balaban J connectivity index is 4.99. The van der Waals surface area contributed by atoms with E-state index in [1.807, 2.05) is 18.7 Å². The van der Waals surface area contributed by atoms with E-state index >= 15 is 0 Å². The second kappa shape index (κ2) is 6.74. The first kappa shape index (κ1) is 13.3. The minimum absolute atomic E-state index is 0.232. The second-order valence-electron chi connectivity index (χ2n) is 2.57. The lowest BCUT2D eigenvalue weighted by atomic mass is 10.3. The zero-order chi connectivity index (χ0) is 11.1. The number of halogens is 2. The molecule has 0 aromatic rings. The van der Waals surface area contributed by atoms with Crippen LogP contribution in [-0.2, 0) is 0 Å². The van der Waals surface area contributed by atoms with Crippen LogP contribution in [0.25, 0.3) is 0 Å². The van der Waals surface area contributed by atoms with Gasteiger partial charge in [0.25, 0.3) is 0 Å². The van der Waals surface area contributed by atoms with Crippen molar-refractivity contribution in [3.8, 4) is 0 Å². The molecule has 3 nitrogen and oxygen atoms in total. The molecule has 0 aliphatic rings. The van der Waals surface area contributed by atoms with Gasteiger partial charge in [-0.3, -0.25) is 0 Å². The number of rotatable bonds is 5. The van der Waals surface area contributed by atoms with Gasteiger partial charge in [-0.25, -0.2) is 0 Å². The summed E-state index contributed by atoms with van der Waals surface area (Å²) in [6.07, 6.45) is 1.65. The van der Waals surface area contributed by atoms with Gasteiger partial charge in [-0.1, -0.05) is 29.8 Å². The van der Waals surface area contributed by atoms with Crippen LogP contribution in [0.4, 0.5) is 0 Å². The topological polar surface area (TPSA) is 41.6 Å². The molecule has 0 heterocycles. The highest BCUT2D eigenvalue weighted by Crippen LogP contribution is 2.13. The van der Waals surface area contributed by atoms with Crippen molar-refractivity contribution in [2.45, 2.75) is 13.8 Å². The average molecular weight is 236 g/mol. The molecule has 0 spiro atoms. The summed E-state index contributed by atoms with van der Waals surface area (Å²) in [7, 11) is 0. The lowest BCUT2D eigenvalue weighted by Crippen LogP contribution is -2.26. The minimum atomic E-state index is 0.232. The third-order valence-corrected chi connectivity index (χ3v) is 2.12.